The lowest BCUT2D eigenvalue weighted by Gasteiger charge is -2.30. The second kappa shape index (κ2) is 27.7. The second-order valence-electron chi connectivity index (χ2n) is 16.9. The number of unbranched alkanes of at least 4 members (excludes halogenated alkanes) is 10. The van der Waals surface area contributed by atoms with Crippen molar-refractivity contribution in [1.82, 2.24) is 30.2 Å². The highest BCUT2D eigenvalue weighted by atomic mass is 32.2. The molecular weight excluding hydrogens is 951 g/mol. The van der Waals surface area contributed by atoms with Gasteiger partial charge in [-0.1, -0.05) is 117 Å². The molecule has 28 heteroatoms. The van der Waals surface area contributed by atoms with Crippen LogP contribution in [0.25, 0.3) is 11.2 Å². The summed E-state index contributed by atoms with van der Waals surface area (Å²) < 4.78 is 62.4. The number of fused-ring (bicyclic) bond motifs is 1. The fourth-order valence-corrected chi connectivity index (χ4v) is 10.6. The maximum atomic E-state index is 12.7. The number of nitrogen functional groups attached to an aromatic ring is 1. The molecule has 24 nitrogen and oxygen atoms in total. The van der Waals surface area contributed by atoms with E-state index in [1.165, 1.54) is 78.1 Å². The average Bonchev–Trinajstić information content (AvgIpc) is 3.79. The van der Waals surface area contributed by atoms with Gasteiger partial charge in [0.2, 0.25) is 11.8 Å². The van der Waals surface area contributed by atoms with E-state index in [9.17, 15) is 57.9 Å². The molecule has 378 valence electrons. The molecule has 2 amide bonds. The Morgan fingerprint density at radius 3 is 2.18 bits per heavy atom. The molecule has 1 saturated heterocycles. The lowest BCUT2D eigenvalue weighted by Crippen LogP contribution is -2.46. The maximum Gasteiger partial charge on any atom is 0.481 e. The molecule has 2 aromatic rings. The van der Waals surface area contributed by atoms with Crippen LogP contribution >= 0.6 is 35.2 Å². The highest BCUT2D eigenvalue weighted by Crippen LogP contribution is 2.61. The van der Waals surface area contributed by atoms with Gasteiger partial charge in [-0.3, -0.25) is 32.5 Å². The standard InChI is InChI=1S/C38H68N7O17P3S/c1-5-6-7-8-9-10-11-12-13-14-15-16-26(2)21-29(47)66-20-19-40-28(46)17-18-41-36(50)33(49)38(3,4)23-59-65(56,57)62-64(54,55)58-22-27-32(61-63(51,52)53)31(48)37(60-27)45-25-44-30-34(39)42-24-43-35(30)45/h24-27,31-33,37,48-49H,5-23H2,1-4H3,(H,40,46)(H,41,50)(H,54,55)(H,56,57)(H2,39,42,43)(H2,51,52,53)/t26?,27-,31-,32-,33+,37-/m1/s1. The lowest BCUT2D eigenvalue weighted by molar-refractivity contribution is -0.137. The zero-order valence-corrected chi connectivity index (χ0v) is 41.3. The first-order valence-corrected chi connectivity index (χ1v) is 27.5. The van der Waals surface area contributed by atoms with E-state index in [2.05, 4.69) is 48.3 Å². The topological polar surface area (TPSA) is 364 Å². The number of carbonyl (C=O) groups excluding carboxylic acids is 3. The van der Waals surface area contributed by atoms with Gasteiger partial charge in [-0.15, -0.1) is 0 Å². The third-order valence-electron chi connectivity index (χ3n) is 10.6. The molecule has 0 aromatic carbocycles. The molecule has 0 saturated carbocycles. The van der Waals surface area contributed by atoms with Crippen molar-refractivity contribution in [2.45, 2.75) is 148 Å². The fourth-order valence-electron chi connectivity index (χ4n) is 6.90. The summed E-state index contributed by atoms with van der Waals surface area (Å²) in [6.07, 6.45) is 8.60. The lowest BCUT2D eigenvalue weighted by atomic mass is 9.87. The quantitative estimate of drug-likeness (QED) is 0.0353. The molecule has 0 bridgehead atoms. The summed E-state index contributed by atoms with van der Waals surface area (Å²) in [6, 6.07) is 0. The van der Waals surface area contributed by atoms with Gasteiger partial charge in [-0.25, -0.2) is 28.6 Å². The minimum absolute atomic E-state index is 0.0336. The van der Waals surface area contributed by atoms with E-state index in [1.807, 2.05) is 0 Å². The summed E-state index contributed by atoms with van der Waals surface area (Å²) in [5, 5.41) is 26.7. The Hall–Kier alpha value is -2.44. The van der Waals surface area contributed by atoms with Gasteiger partial charge in [0.1, 0.15) is 36.3 Å². The monoisotopic (exact) mass is 1020 g/mol. The number of amides is 2. The van der Waals surface area contributed by atoms with Crippen molar-refractivity contribution in [2.75, 3.05) is 37.8 Å². The van der Waals surface area contributed by atoms with Crippen LogP contribution in [0.15, 0.2) is 12.7 Å². The number of imidazole rings is 1. The van der Waals surface area contributed by atoms with Crippen LogP contribution < -0.4 is 16.4 Å². The largest absolute Gasteiger partial charge is 0.481 e. The smallest absolute Gasteiger partial charge is 0.386 e. The Balaban J connectivity index is 1.33. The summed E-state index contributed by atoms with van der Waals surface area (Å²) in [4.78, 5) is 88.6. The number of hydrogen-bond donors (Lipinski definition) is 9. The number of nitrogens with one attached hydrogen (secondary N) is 2. The highest BCUT2D eigenvalue weighted by Gasteiger charge is 2.50. The van der Waals surface area contributed by atoms with Gasteiger partial charge in [0, 0.05) is 37.1 Å². The Morgan fingerprint density at radius 1 is 0.924 bits per heavy atom. The molecule has 8 atom stereocenters. The molecule has 3 unspecified atom stereocenters. The van der Waals surface area contributed by atoms with Crippen molar-refractivity contribution in [3.63, 3.8) is 0 Å². The molecule has 0 spiro atoms. The number of hydrogen-bond acceptors (Lipinski definition) is 18. The van der Waals surface area contributed by atoms with E-state index in [4.69, 9.17) is 19.5 Å². The first-order chi connectivity index (χ1) is 30.9. The summed E-state index contributed by atoms with van der Waals surface area (Å²) in [6.45, 7) is 4.88. The van der Waals surface area contributed by atoms with Gasteiger partial charge < -0.3 is 50.9 Å². The predicted molar refractivity (Wildman–Crippen MR) is 242 cm³/mol. The molecule has 3 heterocycles. The first-order valence-electron chi connectivity index (χ1n) is 22.0. The zero-order valence-electron chi connectivity index (χ0n) is 37.8. The Morgan fingerprint density at radius 2 is 1.55 bits per heavy atom. The molecule has 3 rings (SSSR count). The summed E-state index contributed by atoms with van der Waals surface area (Å²) >= 11 is 1.16. The van der Waals surface area contributed by atoms with Crippen LogP contribution in [0.4, 0.5) is 5.82 Å². The predicted octanol–water partition coefficient (Wildman–Crippen LogP) is 4.39. The van der Waals surface area contributed by atoms with Crippen LogP contribution in [-0.4, -0.2) is 123 Å². The molecule has 0 radical (unpaired) electrons. The Bertz CT molecular complexity index is 2000. The third kappa shape index (κ3) is 20.7. The highest BCUT2D eigenvalue weighted by molar-refractivity contribution is 8.13. The molecule has 1 aliphatic rings. The van der Waals surface area contributed by atoms with Gasteiger partial charge in [0.05, 0.1) is 19.5 Å². The van der Waals surface area contributed by atoms with Crippen molar-refractivity contribution >= 4 is 69.1 Å². The number of phosphoric acid groups is 3. The van der Waals surface area contributed by atoms with Gasteiger partial charge in [-0.2, -0.15) is 4.31 Å². The van der Waals surface area contributed by atoms with Crippen LogP contribution in [-0.2, 0) is 50.7 Å². The van der Waals surface area contributed by atoms with Crippen LogP contribution in [0.1, 0.15) is 124 Å². The number of thioether (sulfide) groups is 1. The van der Waals surface area contributed by atoms with Crippen LogP contribution in [0.3, 0.4) is 0 Å². The number of carbonyl (C=O) groups is 3. The van der Waals surface area contributed by atoms with E-state index >= 15 is 0 Å². The molecular formula is C38H68N7O17P3S. The van der Waals surface area contributed by atoms with Crippen LogP contribution in [0.2, 0.25) is 0 Å². The number of aliphatic hydroxyl groups is 2. The fraction of sp³-hybridized carbons (Fsp3) is 0.789. The minimum Gasteiger partial charge on any atom is -0.386 e. The van der Waals surface area contributed by atoms with Crippen LogP contribution in [0.5, 0.6) is 0 Å². The van der Waals surface area contributed by atoms with E-state index in [0.29, 0.717) is 12.2 Å². The molecule has 1 fully saturated rings. The first kappa shape index (κ1) is 57.9. The number of rotatable bonds is 33. The molecule has 1 aliphatic heterocycles. The van der Waals surface area contributed by atoms with Crippen LogP contribution in [0, 0.1) is 11.3 Å². The number of nitrogens with two attached hydrogens (primary N) is 1. The number of ether oxygens (including phenoxy) is 1. The number of aliphatic hydroxyl groups excluding tert-OH is 2. The van der Waals surface area contributed by atoms with E-state index in [1.54, 1.807) is 0 Å². The molecule has 2 aromatic heterocycles. The van der Waals surface area contributed by atoms with Gasteiger partial charge in [0.25, 0.3) is 0 Å². The third-order valence-corrected chi connectivity index (χ3v) is 14.6. The number of phosphoric ester groups is 3. The number of anilines is 1. The Kier molecular flexibility index (Phi) is 24.3. The maximum absolute atomic E-state index is 12.7. The number of nitrogens with zero attached hydrogens (tertiary/aromatic N) is 4. The van der Waals surface area contributed by atoms with E-state index in [0.717, 1.165) is 41.8 Å². The second-order valence-corrected chi connectivity index (χ2v) is 22.3. The summed E-state index contributed by atoms with van der Waals surface area (Å²) in [5.74, 6) is -0.739. The van der Waals surface area contributed by atoms with Gasteiger partial charge >= 0.3 is 23.5 Å². The van der Waals surface area contributed by atoms with Gasteiger partial charge in [0.15, 0.2) is 22.8 Å². The van der Waals surface area contributed by atoms with Crippen molar-refractivity contribution in [1.29, 1.82) is 0 Å². The Labute approximate surface area is 388 Å². The van der Waals surface area contributed by atoms with Crippen molar-refractivity contribution in [3.05, 3.63) is 12.7 Å². The van der Waals surface area contributed by atoms with Gasteiger partial charge in [-0.05, 0) is 5.92 Å². The average molecular weight is 1020 g/mol. The molecule has 10 N–H and O–H groups in total. The zero-order chi connectivity index (χ0) is 49.1. The van der Waals surface area contributed by atoms with Crippen molar-refractivity contribution in [2.24, 2.45) is 11.3 Å². The molecule has 66 heavy (non-hydrogen) atoms. The van der Waals surface area contributed by atoms with E-state index < -0.39 is 84.6 Å². The molecule has 0 aliphatic carbocycles. The summed E-state index contributed by atoms with van der Waals surface area (Å²) in [5.41, 5.74) is 4.29. The normalized spacial score (nSPS) is 20.7. The van der Waals surface area contributed by atoms with E-state index in [-0.39, 0.29) is 47.5 Å². The number of aromatic nitrogens is 4. The SMILES string of the molecule is CCCCCCCCCCCCCC(C)CC(=O)SCCNC(=O)CCNC(=O)[C@H](O)C(C)(C)COP(=O)(O)OP(=O)(O)OC[C@H]1O[C@@H](n2cnc3c(N)ncnc32)[C@H](O)[C@@H]1OP(=O)(O)O. The minimum atomic E-state index is -5.57. The summed E-state index contributed by atoms with van der Waals surface area (Å²) in [7, 11) is -16.4. The van der Waals surface area contributed by atoms with Crippen molar-refractivity contribution in [3.8, 4) is 0 Å². The van der Waals surface area contributed by atoms with Crippen molar-refractivity contribution < 1.29 is 80.5 Å².